The van der Waals surface area contributed by atoms with Crippen LogP contribution in [0.2, 0.25) is 0 Å². The van der Waals surface area contributed by atoms with Gasteiger partial charge >= 0.3 is 0 Å². The molecule has 19 heavy (non-hydrogen) atoms. The largest absolute Gasteiger partial charge is 0.395 e. The van der Waals surface area contributed by atoms with Gasteiger partial charge in [-0.3, -0.25) is 0 Å². The Morgan fingerprint density at radius 3 is 2.26 bits per heavy atom. The van der Waals surface area contributed by atoms with Crippen LogP contribution in [0.1, 0.15) is 38.2 Å². The molecule has 0 bridgehead atoms. The van der Waals surface area contributed by atoms with Crippen LogP contribution in [0.25, 0.3) is 0 Å². The third-order valence-electron chi connectivity index (χ3n) is 3.43. The second-order valence-electron chi connectivity index (χ2n) is 5.29. The average Bonchev–Trinajstić information content (AvgIpc) is 3.20. The molecular formula is C14H21NO3S. The molecule has 106 valence electrons. The number of hydrogen-bond donors (Lipinski definition) is 1. The molecule has 0 saturated heterocycles. The SMILES string of the molecule is CC(C)c1ccc(S(=O)(=O)N(CCO)C2CC2)cc1. The Hall–Kier alpha value is -0.910. The van der Waals surface area contributed by atoms with Crippen molar-refractivity contribution in [2.45, 2.75) is 43.5 Å². The van der Waals surface area contributed by atoms with Gasteiger partial charge in [-0.2, -0.15) is 4.31 Å². The number of aliphatic hydroxyl groups is 1. The van der Waals surface area contributed by atoms with Crippen molar-refractivity contribution in [2.75, 3.05) is 13.2 Å². The zero-order valence-corrected chi connectivity index (χ0v) is 12.2. The standard InChI is InChI=1S/C14H21NO3S/c1-11(2)12-3-7-14(8-4-12)19(17,18)15(9-10-16)13-5-6-13/h3-4,7-8,11,13,16H,5-6,9-10H2,1-2H3. The predicted octanol–water partition coefficient (Wildman–Crippen LogP) is 1.96. The van der Waals surface area contributed by atoms with Gasteiger partial charge in [-0.05, 0) is 36.5 Å². The van der Waals surface area contributed by atoms with Crippen molar-refractivity contribution in [1.29, 1.82) is 0 Å². The lowest BCUT2D eigenvalue weighted by Crippen LogP contribution is -2.35. The molecule has 0 heterocycles. The molecule has 0 unspecified atom stereocenters. The lowest BCUT2D eigenvalue weighted by molar-refractivity contribution is 0.250. The van der Waals surface area contributed by atoms with E-state index in [9.17, 15) is 8.42 Å². The van der Waals surface area contributed by atoms with E-state index in [1.807, 2.05) is 12.1 Å². The van der Waals surface area contributed by atoms with Crippen molar-refractivity contribution in [3.63, 3.8) is 0 Å². The molecule has 4 nitrogen and oxygen atoms in total. The number of sulfonamides is 1. The molecule has 1 aromatic carbocycles. The molecule has 0 radical (unpaired) electrons. The highest BCUT2D eigenvalue weighted by atomic mass is 32.2. The van der Waals surface area contributed by atoms with Crippen LogP contribution in [0.5, 0.6) is 0 Å². The second kappa shape index (κ2) is 5.61. The highest BCUT2D eigenvalue weighted by Crippen LogP contribution is 2.32. The van der Waals surface area contributed by atoms with Crippen LogP contribution in [0.3, 0.4) is 0 Å². The zero-order valence-electron chi connectivity index (χ0n) is 11.4. The molecule has 0 amide bonds. The van der Waals surface area contributed by atoms with Gasteiger partial charge in [-0.25, -0.2) is 8.42 Å². The van der Waals surface area contributed by atoms with Crippen molar-refractivity contribution in [2.24, 2.45) is 0 Å². The number of rotatable bonds is 6. The molecular weight excluding hydrogens is 262 g/mol. The van der Waals surface area contributed by atoms with Crippen molar-refractivity contribution in [3.8, 4) is 0 Å². The second-order valence-corrected chi connectivity index (χ2v) is 7.18. The first-order chi connectivity index (χ1) is 8.96. The molecule has 1 aliphatic rings. The van der Waals surface area contributed by atoms with E-state index in [1.165, 1.54) is 4.31 Å². The summed E-state index contributed by atoms with van der Waals surface area (Å²) >= 11 is 0. The highest BCUT2D eigenvalue weighted by molar-refractivity contribution is 7.89. The molecule has 1 aromatic rings. The zero-order chi connectivity index (χ0) is 14.0. The molecule has 0 spiro atoms. The fourth-order valence-electron chi connectivity index (χ4n) is 2.12. The van der Waals surface area contributed by atoms with Crippen LogP contribution >= 0.6 is 0 Å². The lowest BCUT2D eigenvalue weighted by atomic mass is 10.0. The van der Waals surface area contributed by atoms with E-state index in [1.54, 1.807) is 12.1 Å². The molecule has 1 saturated carbocycles. The van der Waals surface area contributed by atoms with Crippen molar-refractivity contribution >= 4 is 10.0 Å². The van der Waals surface area contributed by atoms with E-state index in [2.05, 4.69) is 13.8 Å². The topological polar surface area (TPSA) is 57.6 Å². The summed E-state index contributed by atoms with van der Waals surface area (Å²) < 4.78 is 26.4. The average molecular weight is 283 g/mol. The molecule has 1 aliphatic carbocycles. The minimum atomic E-state index is -3.47. The van der Waals surface area contributed by atoms with E-state index in [0.717, 1.165) is 18.4 Å². The van der Waals surface area contributed by atoms with Gasteiger partial charge in [0.1, 0.15) is 0 Å². The third-order valence-corrected chi connectivity index (χ3v) is 5.39. The van der Waals surface area contributed by atoms with Gasteiger partial charge in [0.15, 0.2) is 0 Å². The molecule has 1 N–H and O–H groups in total. The molecule has 1 fully saturated rings. The van der Waals surface area contributed by atoms with E-state index in [-0.39, 0.29) is 19.2 Å². The van der Waals surface area contributed by atoms with Crippen LogP contribution < -0.4 is 0 Å². The minimum absolute atomic E-state index is 0.0712. The summed E-state index contributed by atoms with van der Waals surface area (Å²) in [6.07, 6.45) is 1.78. The third kappa shape index (κ3) is 3.16. The van der Waals surface area contributed by atoms with Crippen LogP contribution in [0.4, 0.5) is 0 Å². The van der Waals surface area contributed by atoms with Gasteiger partial charge in [0.25, 0.3) is 0 Å². The summed E-state index contributed by atoms with van der Waals surface area (Å²) in [4.78, 5) is 0.317. The quantitative estimate of drug-likeness (QED) is 0.868. The first kappa shape index (κ1) is 14.5. The summed E-state index contributed by atoms with van der Waals surface area (Å²) in [7, 11) is -3.47. The van der Waals surface area contributed by atoms with Crippen LogP contribution in [-0.2, 0) is 10.0 Å². The first-order valence-corrected chi connectivity index (χ1v) is 8.13. The molecule has 0 aliphatic heterocycles. The lowest BCUT2D eigenvalue weighted by Gasteiger charge is -2.21. The van der Waals surface area contributed by atoms with Crippen molar-refractivity contribution in [3.05, 3.63) is 29.8 Å². The molecule has 0 aromatic heterocycles. The van der Waals surface area contributed by atoms with E-state index >= 15 is 0 Å². The van der Waals surface area contributed by atoms with Gasteiger partial charge in [0.05, 0.1) is 11.5 Å². The summed E-state index contributed by atoms with van der Waals surface area (Å²) in [6, 6.07) is 7.12. The van der Waals surface area contributed by atoms with E-state index in [0.29, 0.717) is 10.8 Å². The summed E-state index contributed by atoms with van der Waals surface area (Å²) in [5.41, 5.74) is 1.12. The molecule has 0 atom stereocenters. The number of benzene rings is 1. The Kier molecular flexibility index (Phi) is 4.28. The Bertz CT molecular complexity index is 518. The molecule has 5 heteroatoms. The predicted molar refractivity (Wildman–Crippen MR) is 74.5 cm³/mol. The normalized spacial score (nSPS) is 16.3. The van der Waals surface area contributed by atoms with Gasteiger partial charge < -0.3 is 5.11 Å². The fourth-order valence-corrected chi connectivity index (χ4v) is 3.80. The van der Waals surface area contributed by atoms with E-state index < -0.39 is 10.0 Å². The molecule has 2 rings (SSSR count). The number of hydrogen-bond acceptors (Lipinski definition) is 3. The van der Waals surface area contributed by atoms with Crippen molar-refractivity contribution < 1.29 is 13.5 Å². The van der Waals surface area contributed by atoms with E-state index in [4.69, 9.17) is 5.11 Å². The van der Waals surface area contributed by atoms with Crippen LogP contribution in [0, 0.1) is 0 Å². The van der Waals surface area contributed by atoms with Crippen LogP contribution in [-0.4, -0.2) is 37.0 Å². The van der Waals surface area contributed by atoms with Gasteiger partial charge in [-0.15, -0.1) is 0 Å². The maximum Gasteiger partial charge on any atom is 0.243 e. The number of aliphatic hydroxyl groups excluding tert-OH is 1. The Labute approximate surface area is 115 Å². The Morgan fingerprint density at radius 2 is 1.84 bits per heavy atom. The highest BCUT2D eigenvalue weighted by Gasteiger charge is 2.37. The smallest absolute Gasteiger partial charge is 0.243 e. The number of nitrogens with zero attached hydrogens (tertiary/aromatic N) is 1. The van der Waals surface area contributed by atoms with Crippen LogP contribution in [0.15, 0.2) is 29.2 Å². The maximum atomic E-state index is 12.5. The van der Waals surface area contributed by atoms with Gasteiger partial charge in [0.2, 0.25) is 10.0 Å². The maximum absolute atomic E-state index is 12.5. The monoisotopic (exact) mass is 283 g/mol. The van der Waals surface area contributed by atoms with Gasteiger partial charge in [0, 0.05) is 12.6 Å². The van der Waals surface area contributed by atoms with Gasteiger partial charge in [-0.1, -0.05) is 26.0 Å². The Morgan fingerprint density at radius 1 is 1.26 bits per heavy atom. The first-order valence-electron chi connectivity index (χ1n) is 6.69. The summed E-state index contributed by atoms with van der Waals surface area (Å²) in [6.45, 7) is 4.19. The summed E-state index contributed by atoms with van der Waals surface area (Å²) in [5, 5.41) is 9.03. The summed E-state index contributed by atoms with van der Waals surface area (Å²) in [5.74, 6) is 0.383. The Balaban J connectivity index is 2.27. The van der Waals surface area contributed by atoms with Crippen molar-refractivity contribution in [1.82, 2.24) is 4.31 Å². The minimum Gasteiger partial charge on any atom is -0.395 e. The fraction of sp³-hybridized carbons (Fsp3) is 0.571.